The number of rotatable bonds is 7. The molecule has 184 valence electrons. The molecule has 5 rings (SSSR count). The van der Waals surface area contributed by atoms with Crippen LogP contribution in [0.4, 0.5) is 0 Å². The number of carbonyl (C=O) groups excluding carboxylic acids is 1. The van der Waals surface area contributed by atoms with Crippen LogP contribution in [0.2, 0.25) is 5.02 Å². The Morgan fingerprint density at radius 2 is 1.72 bits per heavy atom. The highest BCUT2D eigenvalue weighted by atomic mass is 35.5. The van der Waals surface area contributed by atoms with E-state index in [1.807, 2.05) is 68.4 Å². The highest BCUT2D eigenvalue weighted by molar-refractivity contribution is 6.31. The van der Waals surface area contributed by atoms with Gasteiger partial charge in [-0.1, -0.05) is 55.3 Å². The van der Waals surface area contributed by atoms with Crippen molar-refractivity contribution in [3.63, 3.8) is 0 Å². The first kappa shape index (κ1) is 24.1. The van der Waals surface area contributed by atoms with E-state index in [4.69, 9.17) is 20.8 Å². The molecule has 6 heteroatoms. The van der Waals surface area contributed by atoms with Gasteiger partial charge in [-0.2, -0.15) is 0 Å². The van der Waals surface area contributed by atoms with E-state index >= 15 is 0 Å². The molecule has 3 aromatic carbocycles. The monoisotopic (exact) mass is 501 g/mol. The quantitative estimate of drug-likeness (QED) is 0.256. The number of benzene rings is 3. The van der Waals surface area contributed by atoms with Crippen molar-refractivity contribution in [1.29, 1.82) is 0 Å². The van der Waals surface area contributed by atoms with Crippen LogP contribution in [0.1, 0.15) is 64.2 Å². The van der Waals surface area contributed by atoms with Gasteiger partial charge in [0.2, 0.25) is 5.76 Å². The Labute approximate surface area is 215 Å². The Kier molecular flexibility index (Phi) is 6.59. The predicted molar refractivity (Wildman–Crippen MR) is 142 cm³/mol. The summed E-state index contributed by atoms with van der Waals surface area (Å²) in [6.45, 7) is 6.93. The first-order valence-electron chi connectivity index (χ1n) is 12.2. The van der Waals surface area contributed by atoms with Crippen molar-refractivity contribution in [1.82, 2.24) is 4.90 Å². The first-order chi connectivity index (χ1) is 17.4. The number of hydrogen-bond donors (Lipinski definition) is 0. The molecular formula is C30H28ClNO4. The number of hydrogen-bond acceptors (Lipinski definition) is 4. The largest absolute Gasteiger partial charge is 0.494 e. The summed E-state index contributed by atoms with van der Waals surface area (Å²) in [5.74, 6) is 0.526. The number of carbonyl (C=O) groups is 1. The molecule has 0 fully saturated rings. The maximum Gasteiger partial charge on any atom is 0.291 e. The highest BCUT2D eigenvalue weighted by Gasteiger charge is 2.43. The maximum atomic E-state index is 13.8. The van der Waals surface area contributed by atoms with E-state index in [2.05, 4.69) is 6.92 Å². The van der Waals surface area contributed by atoms with Gasteiger partial charge in [-0.25, -0.2) is 0 Å². The van der Waals surface area contributed by atoms with Crippen LogP contribution in [0.25, 0.3) is 11.0 Å². The Morgan fingerprint density at radius 1 is 1.00 bits per heavy atom. The van der Waals surface area contributed by atoms with Crippen LogP contribution in [-0.2, 0) is 6.54 Å². The molecule has 1 aliphatic rings. The zero-order valence-electron chi connectivity index (χ0n) is 20.6. The van der Waals surface area contributed by atoms with Crippen LogP contribution in [0, 0.1) is 13.8 Å². The van der Waals surface area contributed by atoms with Crippen LogP contribution in [-0.4, -0.2) is 17.4 Å². The second kappa shape index (κ2) is 9.82. The van der Waals surface area contributed by atoms with Crippen molar-refractivity contribution in [3.05, 3.63) is 109 Å². The summed E-state index contributed by atoms with van der Waals surface area (Å²) in [4.78, 5) is 29.2. The molecule has 0 saturated carbocycles. The highest BCUT2D eigenvalue weighted by Crippen LogP contribution is 2.40. The van der Waals surface area contributed by atoms with E-state index < -0.39 is 6.04 Å². The summed E-state index contributed by atoms with van der Waals surface area (Å²) < 4.78 is 11.9. The van der Waals surface area contributed by atoms with Crippen molar-refractivity contribution in [2.75, 3.05) is 6.61 Å². The molecule has 1 aromatic heterocycles. The van der Waals surface area contributed by atoms with Crippen molar-refractivity contribution < 1.29 is 13.9 Å². The molecule has 36 heavy (non-hydrogen) atoms. The number of halogens is 1. The number of fused-ring (bicyclic) bond motifs is 2. The molecule has 0 spiro atoms. The zero-order valence-corrected chi connectivity index (χ0v) is 21.4. The fraction of sp³-hybridized carbons (Fsp3) is 0.267. The summed E-state index contributed by atoms with van der Waals surface area (Å²) in [5, 5.41) is 1.05. The molecule has 0 N–H and O–H groups in total. The first-order valence-corrected chi connectivity index (χ1v) is 12.6. The standard InChI is InChI=1S/C30H28ClNO4/c1-4-5-14-35-22-12-10-20(11-13-22)27-26-28(33)23-15-18(2)19(3)16-25(23)36-29(26)30(34)32(27)17-21-8-6-7-9-24(21)31/h6-13,15-16,27H,4-5,14,17H2,1-3H3. The number of nitrogens with zero attached hydrogens (tertiary/aromatic N) is 1. The summed E-state index contributed by atoms with van der Waals surface area (Å²) in [6, 6.07) is 18.1. The van der Waals surface area contributed by atoms with Gasteiger partial charge < -0.3 is 14.1 Å². The van der Waals surface area contributed by atoms with Gasteiger partial charge in [0.05, 0.1) is 23.6 Å². The third kappa shape index (κ3) is 4.28. The lowest BCUT2D eigenvalue weighted by molar-refractivity contribution is 0.0714. The molecule has 1 atom stereocenters. The van der Waals surface area contributed by atoms with Crippen LogP contribution >= 0.6 is 11.6 Å². The summed E-state index contributed by atoms with van der Waals surface area (Å²) >= 11 is 6.45. The minimum Gasteiger partial charge on any atom is -0.494 e. The van der Waals surface area contributed by atoms with E-state index in [0.717, 1.165) is 40.8 Å². The van der Waals surface area contributed by atoms with E-state index in [9.17, 15) is 9.59 Å². The fourth-order valence-corrected chi connectivity index (χ4v) is 4.87. The van der Waals surface area contributed by atoms with Gasteiger partial charge in [0.1, 0.15) is 11.3 Å². The van der Waals surface area contributed by atoms with Crippen LogP contribution in [0.15, 0.2) is 69.9 Å². The third-order valence-electron chi connectivity index (χ3n) is 6.84. The van der Waals surface area contributed by atoms with Crippen molar-refractivity contribution in [3.8, 4) is 5.75 Å². The molecule has 4 aromatic rings. The van der Waals surface area contributed by atoms with Crippen LogP contribution < -0.4 is 10.2 Å². The van der Waals surface area contributed by atoms with Gasteiger partial charge in [-0.3, -0.25) is 9.59 Å². The van der Waals surface area contributed by atoms with Gasteiger partial charge in [0.15, 0.2) is 5.43 Å². The smallest absolute Gasteiger partial charge is 0.291 e. The molecule has 5 nitrogen and oxygen atoms in total. The lowest BCUT2D eigenvalue weighted by atomic mass is 9.97. The van der Waals surface area contributed by atoms with Gasteiger partial charge >= 0.3 is 0 Å². The maximum absolute atomic E-state index is 13.8. The topological polar surface area (TPSA) is 59.8 Å². The van der Waals surface area contributed by atoms with E-state index in [-0.39, 0.29) is 23.6 Å². The van der Waals surface area contributed by atoms with Gasteiger partial charge in [0.25, 0.3) is 5.91 Å². The molecule has 0 bridgehead atoms. The average molecular weight is 502 g/mol. The SMILES string of the molecule is CCCCOc1ccc(C2c3c(oc4cc(C)c(C)cc4c3=O)C(=O)N2Cc2ccccc2Cl)cc1. The van der Waals surface area contributed by atoms with E-state index in [0.29, 0.717) is 28.2 Å². The minimum absolute atomic E-state index is 0.0936. The minimum atomic E-state index is -0.601. The van der Waals surface area contributed by atoms with Crippen molar-refractivity contribution in [2.24, 2.45) is 0 Å². The molecule has 0 saturated heterocycles. The van der Waals surface area contributed by atoms with Gasteiger partial charge in [-0.05, 0) is 72.9 Å². The number of amides is 1. The lowest BCUT2D eigenvalue weighted by Crippen LogP contribution is -2.29. The fourth-order valence-electron chi connectivity index (χ4n) is 4.68. The van der Waals surface area contributed by atoms with Crippen molar-refractivity contribution in [2.45, 2.75) is 46.2 Å². The Morgan fingerprint density at radius 3 is 2.44 bits per heavy atom. The van der Waals surface area contributed by atoms with E-state index in [1.165, 1.54) is 0 Å². The molecule has 1 unspecified atom stereocenters. The Balaban J connectivity index is 1.64. The van der Waals surface area contributed by atoms with Crippen LogP contribution in [0.5, 0.6) is 5.75 Å². The third-order valence-corrected chi connectivity index (χ3v) is 7.21. The number of unbranched alkanes of at least 4 members (excludes halogenated alkanes) is 1. The summed E-state index contributed by atoms with van der Waals surface area (Å²) in [7, 11) is 0. The lowest BCUT2D eigenvalue weighted by Gasteiger charge is -2.25. The summed E-state index contributed by atoms with van der Waals surface area (Å²) in [5.41, 5.74) is 4.21. The normalized spacial score (nSPS) is 14.9. The number of ether oxygens (including phenoxy) is 1. The second-order valence-electron chi connectivity index (χ2n) is 9.30. The predicted octanol–water partition coefficient (Wildman–Crippen LogP) is 6.99. The average Bonchev–Trinajstić information content (AvgIpc) is 3.14. The zero-order chi connectivity index (χ0) is 25.4. The Bertz CT molecular complexity index is 1510. The number of aryl methyl sites for hydroxylation is 2. The molecular weight excluding hydrogens is 474 g/mol. The van der Waals surface area contributed by atoms with Crippen molar-refractivity contribution >= 4 is 28.5 Å². The second-order valence-corrected chi connectivity index (χ2v) is 9.71. The molecule has 1 amide bonds. The van der Waals surface area contributed by atoms with E-state index in [1.54, 1.807) is 11.0 Å². The van der Waals surface area contributed by atoms with Crippen LogP contribution in [0.3, 0.4) is 0 Å². The summed E-state index contributed by atoms with van der Waals surface area (Å²) in [6.07, 6.45) is 2.03. The molecule has 0 radical (unpaired) electrons. The molecule has 2 heterocycles. The van der Waals surface area contributed by atoms with Gasteiger partial charge in [0, 0.05) is 11.6 Å². The molecule has 0 aliphatic carbocycles. The molecule has 1 aliphatic heterocycles. The Hall–Kier alpha value is -3.57. The van der Waals surface area contributed by atoms with Gasteiger partial charge in [-0.15, -0.1) is 0 Å².